The molecular formula is C17H16F3NO. The van der Waals surface area contributed by atoms with Crippen molar-refractivity contribution in [3.05, 3.63) is 65.2 Å². The summed E-state index contributed by atoms with van der Waals surface area (Å²) in [6, 6.07) is 11.6. The maximum atomic E-state index is 12.7. The lowest BCUT2D eigenvalue weighted by Gasteiger charge is -2.11. The average molecular weight is 307 g/mol. The Bertz CT molecular complexity index is 678. The van der Waals surface area contributed by atoms with Gasteiger partial charge in [0.25, 0.3) is 5.91 Å². The molecule has 0 unspecified atom stereocenters. The third kappa shape index (κ3) is 3.87. The van der Waals surface area contributed by atoms with Gasteiger partial charge in [0.05, 0.1) is 5.56 Å². The number of anilines is 1. The van der Waals surface area contributed by atoms with E-state index in [2.05, 4.69) is 5.32 Å². The van der Waals surface area contributed by atoms with E-state index in [0.29, 0.717) is 11.6 Å². The van der Waals surface area contributed by atoms with E-state index in [1.54, 1.807) is 12.1 Å². The average Bonchev–Trinajstić information content (AvgIpc) is 2.46. The Morgan fingerprint density at radius 2 is 1.73 bits per heavy atom. The van der Waals surface area contributed by atoms with Crippen LogP contribution in [0, 0.1) is 0 Å². The van der Waals surface area contributed by atoms with Gasteiger partial charge in [-0.05, 0) is 41.8 Å². The summed E-state index contributed by atoms with van der Waals surface area (Å²) >= 11 is 0. The fourth-order valence-electron chi connectivity index (χ4n) is 2.02. The van der Waals surface area contributed by atoms with Crippen LogP contribution in [0.4, 0.5) is 18.9 Å². The second kappa shape index (κ2) is 6.22. The van der Waals surface area contributed by atoms with Crippen LogP contribution >= 0.6 is 0 Å². The highest BCUT2D eigenvalue weighted by molar-refractivity contribution is 6.04. The van der Waals surface area contributed by atoms with Gasteiger partial charge in [0, 0.05) is 11.3 Å². The van der Waals surface area contributed by atoms with E-state index in [9.17, 15) is 18.0 Å². The van der Waals surface area contributed by atoms with Crippen molar-refractivity contribution >= 4 is 11.6 Å². The van der Waals surface area contributed by atoms with Gasteiger partial charge in [0.15, 0.2) is 0 Å². The summed E-state index contributed by atoms with van der Waals surface area (Å²) in [5, 5.41) is 2.63. The fourth-order valence-corrected chi connectivity index (χ4v) is 2.02. The van der Waals surface area contributed by atoms with Crippen LogP contribution in [0.1, 0.15) is 41.3 Å². The molecule has 0 aliphatic heterocycles. The molecule has 0 heterocycles. The zero-order valence-electron chi connectivity index (χ0n) is 12.2. The highest BCUT2D eigenvalue weighted by atomic mass is 19.4. The van der Waals surface area contributed by atoms with E-state index in [-0.39, 0.29) is 5.56 Å². The molecule has 22 heavy (non-hydrogen) atoms. The van der Waals surface area contributed by atoms with Crippen LogP contribution in [0.25, 0.3) is 0 Å². The first-order valence-corrected chi connectivity index (χ1v) is 6.86. The van der Waals surface area contributed by atoms with Crippen molar-refractivity contribution in [3.63, 3.8) is 0 Å². The molecule has 0 aliphatic rings. The molecule has 0 saturated heterocycles. The fraction of sp³-hybridized carbons (Fsp3) is 0.235. The lowest BCUT2D eigenvalue weighted by Crippen LogP contribution is -2.14. The second-order valence-corrected chi connectivity index (χ2v) is 5.31. The van der Waals surface area contributed by atoms with Crippen LogP contribution in [-0.2, 0) is 6.18 Å². The van der Waals surface area contributed by atoms with Crippen molar-refractivity contribution in [1.82, 2.24) is 0 Å². The number of rotatable bonds is 3. The third-order valence-corrected chi connectivity index (χ3v) is 3.26. The molecule has 0 fully saturated rings. The first-order valence-electron chi connectivity index (χ1n) is 6.86. The smallest absolute Gasteiger partial charge is 0.322 e. The van der Waals surface area contributed by atoms with Crippen LogP contribution in [0.2, 0.25) is 0 Å². The number of nitrogens with one attached hydrogen (secondary N) is 1. The molecule has 1 N–H and O–H groups in total. The molecule has 2 nitrogen and oxygen atoms in total. The maximum Gasteiger partial charge on any atom is 0.416 e. The van der Waals surface area contributed by atoms with E-state index >= 15 is 0 Å². The van der Waals surface area contributed by atoms with Crippen LogP contribution in [-0.4, -0.2) is 5.91 Å². The number of amides is 1. The summed E-state index contributed by atoms with van der Waals surface area (Å²) in [4.78, 5) is 12.1. The third-order valence-electron chi connectivity index (χ3n) is 3.26. The molecule has 0 saturated carbocycles. The predicted molar refractivity (Wildman–Crippen MR) is 79.9 cm³/mol. The normalized spacial score (nSPS) is 11.5. The minimum atomic E-state index is -4.46. The quantitative estimate of drug-likeness (QED) is 0.841. The predicted octanol–water partition coefficient (Wildman–Crippen LogP) is 5.08. The summed E-state index contributed by atoms with van der Waals surface area (Å²) in [5.41, 5.74) is 0.747. The Hall–Kier alpha value is -2.30. The molecule has 0 spiro atoms. The van der Waals surface area contributed by atoms with E-state index in [1.807, 2.05) is 26.0 Å². The number of alkyl halides is 3. The standard InChI is InChI=1S/C17H16F3NO/c1-11(2)12-5-4-8-15(10-12)21-16(22)13-6-3-7-14(9-13)17(18,19)20/h3-11H,1-2H3,(H,21,22). The first-order chi connectivity index (χ1) is 10.3. The molecule has 0 aliphatic carbocycles. The van der Waals surface area contributed by atoms with E-state index in [0.717, 1.165) is 17.7 Å². The van der Waals surface area contributed by atoms with Crippen molar-refractivity contribution in [3.8, 4) is 0 Å². The lowest BCUT2D eigenvalue weighted by atomic mass is 10.0. The summed E-state index contributed by atoms with van der Waals surface area (Å²) in [6.07, 6.45) is -4.46. The SMILES string of the molecule is CC(C)c1cccc(NC(=O)c2cccc(C(F)(F)F)c2)c1. The Morgan fingerprint density at radius 3 is 2.36 bits per heavy atom. The molecule has 1 amide bonds. The van der Waals surface area contributed by atoms with E-state index in [1.165, 1.54) is 12.1 Å². The summed E-state index contributed by atoms with van der Waals surface area (Å²) < 4.78 is 38.0. The van der Waals surface area contributed by atoms with Gasteiger partial charge in [-0.3, -0.25) is 4.79 Å². The molecular weight excluding hydrogens is 291 g/mol. The van der Waals surface area contributed by atoms with Gasteiger partial charge in [-0.25, -0.2) is 0 Å². The van der Waals surface area contributed by atoms with Crippen molar-refractivity contribution in [2.24, 2.45) is 0 Å². The topological polar surface area (TPSA) is 29.1 Å². The summed E-state index contributed by atoms with van der Waals surface area (Å²) in [7, 11) is 0. The van der Waals surface area contributed by atoms with Crippen LogP contribution < -0.4 is 5.32 Å². The number of hydrogen-bond donors (Lipinski definition) is 1. The molecule has 5 heteroatoms. The second-order valence-electron chi connectivity index (χ2n) is 5.31. The number of carbonyl (C=O) groups is 1. The van der Waals surface area contributed by atoms with Crippen molar-refractivity contribution in [2.45, 2.75) is 25.9 Å². The first kappa shape index (κ1) is 16.1. The number of carbonyl (C=O) groups excluding carboxylic acids is 1. The van der Waals surface area contributed by atoms with Crippen molar-refractivity contribution in [1.29, 1.82) is 0 Å². The molecule has 116 valence electrons. The monoisotopic (exact) mass is 307 g/mol. The number of benzene rings is 2. The Balaban J connectivity index is 2.21. The number of halogens is 3. The van der Waals surface area contributed by atoms with Gasteiger partial charge in [-0.2, -0.15) is 13.2 Å². The minimum absolute atomic E-state index is 0.0234. The van der Waals surface area contributed by atoms with E-state index in [4.69, 9.17) is 0 Å². The molecule has 2 aromatic carbocycles. The lowest BCUT2D eigenvalue weighted by molar-refractivity contribution is -0.137. The highest BCUT2D eigenvalue weighted by Crippen LogP contribution is 2.29. The molecule has 2 aromatic rings. The highest BCUT2D eigenvalue weighted by Gasteiger charge is 2.30. The summed E-state index contributed by atoms with van der Waals surface area (Å²) in [6.45, 7) is 4.04. The van der Waals surface area contributed by atoms with Crippen LogP contribution in [0.5, 0.6) is 0 Å². The Labute approximate surface area is 127 Å². The van der Waals surface area contributed by atoms with Gasteiger partial charge < -0.3 is 5.32 Å². The van der Waals surface area contributed by atoms with Crippen molar-refractivity contribution < 1.29 is 18.0 Å². The zero-order valence-corrected chi connectivity index (χ0v) is 12.2. The Kier molecular flexibility index (Phi) is 4.54. The van der Waals surface area contributed by atoms with Crippen LogP contribution in [0.15, 0.2) is 48.5 Å². The van der Waals surface area contributed by atoms with Gasteiger partial charge in [0.2, 0.25) is 0 Å². The maximum absolute atomic E-state index is 12.7. The van der Waals surface area contributed by atoms with Gasteiger partial charge in [0.1, 0.15) is 0 Å². The Morgan fingerprint density at radius 1 is 1.05 bits per heavy atom. The minimum Gasteiger partial charge on any atom is -0.322 e. The van der Waals surface area contributed by atoms with Crippen LogP contribution in [0.3, 0.4) is 0 Å². The summed E-state index contributed by atoms with van der Waals surface area (Å²) in [5.74, 6) is -0.266. The molecule has 0 aromatic heterocycles. The van der Waals surface area contributed by atoms with Gasteiger partial charge in [-0.15, -0.1) is 0 Å². The van der Waals surface area contributed by atoms with Gasteiger partial charge >= 0.3 is 6.18 Å². The van der Waals surface area contributed by atoms with Crippen molar-refractivity contribution in [2.75, 3.05) is 5.32 Å². The van der Waals surface area contributed by atoms with Gasteiger partial charge in [-0.1, -0.05) is 32.0 Å². The molecule has 0 radical (unpaired) electrons. The number of hydrogen-bond acceptors (Lipinski definition) is 1. The largest absolute Gasteiger partial charge is 0.416 e. The van der Waals surface area contributed by atoms with E-state index < -0.39 is 17.6 Å². The molecule has 2 rings (SSSR count). The molecule has 0 bridgehead atoms. The molecule has 0 atom stereocenters. The zero-order chi connectivity index (χ0) is 16.3.